The van der Waals surface area contributed by atoms with Crippen molar-refractivity contribution in [1.82, 2.24) is 0 Å². The van der Waals surface area contributed by atoms with Crippen LogP contribution in [0.2, 0.25) is 0 Å². The molecule has 0 fully saturated rings. The van der Waals surface area contributed by atoms with Gasteiger partial charge in [-0.05, 0) is 0 Å². The highest BCUT2D eigenvalue weighted by Crippen LogP contribution is 2.01. The van der Waals surface area contributed by atoms with E-state index in [1.54, 1.807) is 0 Å². The van der Waals surface area contributed by atoms with E-state index in [2.05, 4.69) is 15.7 Å². The molecule has 1 aliphatic rings. The quantitative estimate of drug-likeness (QED) is 0.712. The van der Waals surface area contributed by atoms with E-state index in [1.807, 2.05) is 0 Å². The van der Waals surface area contributed by atoms with Crippen LogP contribution in [0.3, 0.4) is 0 Å². The van der Waals surface area contributed by atoms with Crippen LogP contribution in [0.1, 0.15) is 10.4 Å². The first-order valence-corrected chi connectivity index (χ1v) is 4.82. The minimum Gasteiger partial charge on any atom is -0.478 e. The topological polar surface area (TPSA) is 62.0 Å². The summed E-state index contributed by atoms with van der Waals surface area (Å²) in [6, 6.07) is 0. The van der Waals surface area contributed by atoms with E-state index in [9.17, 15) is 4.79 Å². The number of hydrogen-bond acceptors (Lipinski definition) is 4. The first-order valence-electron chi connectivity index (χ1n) is 3.56. The molecule has 0 unspecified atom stereocenters. The maximum Gasteiger partial charge on any atom is 0.338 e. The van der Waals surface area contributed by atoms with Gasteiger partial charge in [-0.3, -0.25) is 0 Å². The first-order chi connectivity index (χ1) is 6.68. The second-order valence-electron chi connectivity index (χ2n) is 2.42. The molecule has 0 amide bonds. The molecular formula is C8H3ClN2O2S. The van der Waals surface area contributed by atoms with Crippen LogP contribution in [0.25, 0.3) is 5.73 Å². The van der Waals surface area contributed by atoms with Gasteiger partial charge in [0.05, 0.1) is 10.1 Å². The molecule has 1 aromatic heterocycles. The van der Waals surface area contributed by atoms with Crippen molar-refractivity contribution in [1.29, 1.82) is 0 Å². The van der Waals surface area contributed by atoms with Gasteiger partial charge in [-0.2, -0.15) is 0 Å². The van der Waals surface area contributed by atoms with E-state index in [0.29, 0.717) is 9.89 Å². The average Bonchev–Trinajstić information content (AvgIpc) is 2.41. The van der Waals surface area contributed by atoms with Crippen molar-refractivity contribution >= 4 is 41.0 Å². The molecule has 0 aliphatic carbocycles. The Morgan fingerprint density at radius 2 is 2.43 bits per heavy atom. The Kier molecular flexibility index (Phi) is 2.21. The molecule has 0 radical (unpaired) electrons. The van der Waals surface area contributed by atoms with Gasteiger partial charge in [0, 0.05) is 5.38 Å². The number of thiophene rings is 1. The second kappa shape index (κ2) is 3.38. The van der Waals surface area contributed by atoms with E-state index < -0.39 is 5.97 Å². The fraction of sp³-hybridized carbons (Fsp3) is 0. The molecule has 1 aromatic rings. The number of fused-ring (bicyclic) bond motifs is 1. The molecule has 2 heterocycles. The van der Waals surface area contributed by atoms with E-state index in [0.717, 1.165) is 0 Å². The van der Waals surface area contributed by atoms with Crippen molar-refractivity contribution in [2.24, 2.45) is 9.98 Å². The maximum atomic E-state index is 10.8. The molecule has 0 saturated carbocycles. The lowest BCUT2D eigenvalue weighted by atomic mass is 10.3. The lowest BCUT2D eigenvalue weighted by molar-refractivity contribution is 0.0696. The van der Waals surface area contributed by atoms with E-state index >= 15 is 0 Å². The third kappa shape index (κ3) is 1.48. The third-order valence-electron chi connectivity index (χ3n) is 1.57. The molecule has 1 aliphatic heterocycles. The monoisotopic (exact) mass is 226 g/mol. The van der Waals surface area contributed by atoms with E-state index in [1.165, 1.54) is 23.1 Å². The van der Waals surface area contributed by atoms with Gasteiger partial charge in [-0.25, -0.2) is 14.8 Å². The van der Waals surface area contributed by atoms with Crippen molar-refractivity contribution in [3.8, 4) is 0 Å². The minimum atomic E-state index is -1.01. The predicted molar refractivity (Wildman–Crippen MR) is 53.3 cm³/mol. The number of aliphatic imine (C=N–C) groups is 1. The zero-order valence-electron chi connectivity index (χ0n) is 6.69. The van der Waals surface area contributed by atoms with E-state index in [-0.39, 0.29) is 10.7 Å². The zero-order chi connectivity index (χ0) is 10.1. The summed E-state index contributed by atoms with van der Waals surface area (Å²) in [5, 5.41) is 10.9. The van der Waals surface area contributed by atoms with Crippen LogP contribution in [0, 0.1) is 0 Å². The standard InChI is InChI=1S/C8H3ClN2O2S/c9-6-1-5-7(11-3-10-6)4(2-14-5)8(12)13/h2-3H,(H,12,13). The lowest BCUT2D eigenvalue weighted by Gasteiger charge is -1.83. The Labute approximate surface area is 87.2 Å². The van der Waals surface area contributed by atoms with Gasteiger partial charge in [-0.15, -0.1) is 11.3 Å². The SMILES string of the molecule is O=C(O)c1csc2c1=NC=NC(Cl)=C=2. The molecule has 0 aromatic carbocycles. The summed E-state index contributed by atoms with van der Waals surface area (Å²) in [4.78, 5) is 18.4. The summed E-state index contributed by atoms with van der Waals surface area (Å²) < 4.78 is 0.588. The zero-order valence-corrected chi connectivity index (χ0v) is 8.26. The van der Waals surface area contributed by atoms with Crippen LogP contribution in [0.15, 0.2) is 20.5 Å². The Morgan fingerprint density at radius 3 is 3.14 bits per heavy atom. The second-order valence-corrected chi connectivity index (χ2v) is 3.66. The van der Waals surface area contributed by atoms with Crippen molar-refractivity contribution < 1.29 is 9.90 Å². The predicted octanol–water partition coefficient (Wildman–Crippen LogP) is 0.567. The Hall–Kier alpha value is -1.42. The van der Waals surface area contributed by atoms with Gasteiger partial charge in [0.1, 0.15) is 11.7 Å². The molecule has 0 saturated heterocycles. The summed E-state index contributed by atoms with van der Waals surface area (Å²) in [5.41, 5.74) is 2.89. The fourth-order valence-electron chi connectivity index (χ4n) is 0.984. The number of aromatic carboxylic acids is 1. The highest BCUT2D eigenvalue weighted by molar-refractivity contribution is 7.08. The van der Waals surface area contributed by atoms with Crippen molar-refractivity contribution in [2.75, 3.05) is 0 Å². The lowest BCUT2D eigenvalue weighted by Crippen LogP contribution is -2.23. The summed E-state index contributed by atoms with van der Waals surface area (Å²) >= 11 is 6.87. The highest BCUT2D eigenvalue weighted by Gasteiger charge is 2.09. The number of hydrogen-bond donors (Lipinski definition) is 1. The number of carboxylic acids is 1. The number of rotatable bonds is 1. The Morgan fingerprint density at radius 1 is 1.64 bits per heavy atom. The molecule has 1 N–H and O–H groups in total. The van der Waals surface area contributed by atoms with Gasteiger partial charge in [-0.1, -0.05) is 17.3 Å². The summed E-state index contributed by atoms with van der Waals surface area (Å²) in [6.07, 6.45) is 1.22. The van der Waals surface area contributed by atoms with Gasteiger partial charge in [0.2, 0.25) is 0 Å². The fourth-order valence-corrected chi connectivity index (χ4v) is 2.06. The number of carbonyl (C=O) groups is 1. The van der Waals surface area contributed by atoms with Crippen LogP contribution in [-0.4, -0.2) is 17.4 Å². The van der Waals surface area contributed by atoms with Crippen LogP contribution >= 0.6 is 22.9 Å². The minimum absolute atomic E-state index is 0.148. The Balaban J connectivity index is 2.91. The molecule has 0 spiro atoms. The van der Waals surface area contributed by atoms with Gasteiger partial charge < -0.3 is 5.11 Å². The van der Waals surface area contributed by atoms with Gasteiger partial charge in [0.25, 0.3) is 0 Å². The largest absolute Gasteiger partial charge is 0.478 e. The van der Waals surface area contributed by atoms with Crippen molar-refractivity contribution in [3.63, 3.8) is 0 Å². The molecular weight excluding hydrogens is 224 g/mol. The molecule has 2 rings (SSSR count). The van der Waals surface area contributed by atoms with Crippen LogP contribution in [0.5, 0.6) is 0 Å². The smallest absolute Gasteiger partial charge is 0.338 e. The molecule has 0 atom stereocenters. The van der Waals surface area contributed by atoms with Crippen molar-refractivity contribution in [3.05, 3.63) is 26.0 Å². The summed E-state index contributed by atoms with van der Waals surface area (Å²) in [5.74, 6) is -1.01. The summed E-state index contributed by atoms with van der Waals surface area (Å²) in [6.45, 7) is 0. The van der Waals surface area contributed by atoms with Crippen LogP contribution in [0.4, 0.5) is 0 Å². The molecule has 4 nitrogen and oxygen atoms in total. The number of carboxylic acid groups (broad SMARTS) is 1. The van der Waals surface area contributed by atoms with Crippen LogP contribution < -0.4 is 9.89 Å². The molecule has 6 heteroatoms. The maximum absolute atomic E-state index is 10.8. The summed E-state index contributed by atoms with van der Waals surface area (Å²) in [7, 11) is 0. The first kappa shape index (κ1) is 9.15. The average molecular weight is 227 g/mol. The van der Waals surface area contributed by atoms with Gasteiger partial charge >= 0.3 is 5.97 Å². The molecule has 0 bridgehead atoms. The van der Waals surface area contributed by atoms with Crippen molar-refractivity contribution in [2.45, 2.75) is 0 Å². The van der Waals surface area contributed by atoms with E-state index in [4.69, 9.17) is 16.7 Å². The highest BCUT2D eigenvalue weighted by atomic mass is 35.5. The molecule has 14 heavy (non-hydrogen) atoms. The Bertz CT molecular complexity index is 581. The molecule has 70 valence electrons. The normalized spacial score (nSPS) is 13.4. The number of halogens is 1. The van der Waals surface area contributed by atoms with Crippen LogP contribution in [-0.2, 0) is 0 Å². The number of nitrogens with zero attached hydrogens (tertiary/aromatic N) is 2. The third-order valence-corrected chi connectivity index (χ3v) is 2.65. The van der Waals surface area contributed by atoms with Gasteiger partial charge in [0.15, 0.2) is 5.16 Å².